The number of aliphatic hydroxyl groups is 2. The van der Waals surface area contributed by atoms with Gasteiger partial charge in [-0.05, 0) is 93.9 Å². The highest BCUT2D eigenvalue weighted by Gasteiger charge is 2.57. The molecule has 214 valence electrons. The molecule has 6 unspecified atom stereocenters. The molecule has 2 heterocycles. The number of nitrogens with zero attached hydrogens (tertiary/aromatic N) is 1. The first-order chi connectivity index (χ1) is 18.2. The predicted molar refractivity (Wildman–Crippen MR) is 148 cm³/mol. The molecule has 38 heavy (non-hydrogen) atoms. The lowest BCUT2D eigenvalue weighted by molar-refractivity contribution is -0.184. The Bertz CT molecular complexity index is 891. The van der Waals surface area contributed by atoms with Crippen molar-refractivity contribution in [2.24, 2.45) is 40.9 Å². The van der Waals surface area contributed by atoms with Crippen molar-refractivity contribution >= 4 is 5.91 Å². The molecule has 7 heteroatoms. The van der Waals surface area contributed by atoms with E-state index in [-0.39, 0.29) is 18.6 Å². The van der Waals surface area contributed by atoms with E-state index < -0.39 is 24.2 Å². The molecule has 4 aliphatic carbocycles. The Labute approximate surface area is 229 Å². The van der Waals surface area contributed by atoms with Gasteiger partial charge in [0.1, 0.15) is 12.1 Å². The molecule has 1 amide bonds. The van der Waals surface area contributed by atoms with Crippen LogP contribution in [0.2, 0.25) is 0 Å². The molecule has 11 atom stereocenters. The minimum absolute atomic E-state index is 0.0571. The lowest BCUT2D eigenvalue weighted by atomic mass is 9.45. The number of nitrogens with one attached hydrogen (secondary N) is 2. The number of aliphatic hydroxyl groups excluding tert-OH is 2. The van der Waals surface area contributed by atoms with Crippen LogP contribution in [-0.2, 0) is 9.63 Å². The quantitative estimate of drug-likeness (QED) is 0.395. The number of amides is 1. The van der Waals surface area contributed by atoms with Crippen LogP contribution in [-0.4, -0.2) is 71.2 Å². The molecular formula is C31H51N3O4. The number of carbonyl (C=O) groups is 1. The maximum atomic E-state index is 13.9. The van der Waals surface area contributed by atoms with E-state index in [1.165, 1.54) is 19.3 Å². The van der Waals surface area contributed by atoms with Gasteiger partial charge in [0.15, 0.2) is 0 Å². The van der Waals surface area contributed by atoms with Gasteiger partial charge in [0.25, 0.3) is 0 Å². The van der Waals surface area contributed by atoms with Gasteiger partial charge >= 0.3 is 0 Å². The molecule has 6 fully saturated rings. The fourth-order valence-electron chi connectivity index (χ4n) is 8.54. The van der Waals surface area contributed by atoms with Crippen LogP contribution in [0.4, 0.5) is 0 Å². The van der Waals surface area contributed by atoms with Gasteiger partial charge in [0.2, 0.25) is 5.91 Å². The summed E-state index contributed by atoms with van der Waals surface area (Å²) in [6.45, 7) is 10.2. The lowest BCUT2D eigenvalue weighted by Gasteiger charge is -2.62. The van der Waals surface area contributed by atoms with Crippen LogP contribution < -0.4 is 10.6 Å². The molecule has 6 rings (SSSR count). The SMILES string of the molecule is CC(O)C1[C@H](CO)ON(CC2CCCC(C#CC3CCCCN3)C2)[C@@H]1C(=O)N[C@H]1C[C@H]2CC([C@@H]1C)C2(C)C. The number of hydrogen-bond donors (Lipinski definition) is 4. The highest BCUT2D eigenvalue weighted by Crippen LogP contribution is 2.61. The zero-order chi connectivity index (χ0) is 27.0. The van der Waals surface area contributed by atoms with E-state index in [2.05, 4.69) is 43.2 Å². The third-order valence-electron chi connectivity index (χ3n) is 11.1. The Balaban J connectivity index is 1.25. The second kappa shape index (κ2) is 11.7. The minimum Gasteiger partial charge on any atom is -0.394 e. The van der Waals surface area contributed by atoms with Crippen LogP contribution in [0.5, 0.6) is 0 Å². The van der Waals surface area contributed by atoms with Gasteiger partial charge < -0.3 is 20.8 Å². The van der Waals surface area contributed by atoms with Gasteiger partial charge in [-0.1, -0.05) is 39.0 Å². The fourth-order valence-corrected chi connectivity index (χ4v) is 8.54. The maximum Gasteiger partial charge on any atom is 0.240 e. The summed E-state index contributed by atoms with van der Waals surface area (Å²) in [5.41, 5.74) is 0.362. The molecule has 2 bridgehead atoms. The summed E-state index contributed by atoms with van der Waals surface area (Å²) in [6.07, 6.45) is 8.97. The van der Waals surface area contributed by atoms with Crippen LogP contribution in [0.3, 0.4) is 0 Å². The van der Waals surface area contributed by atoms with Crippen LogP contribution >= 0.6 is 0 Å². The van der Waals surface area contributed by atoms with Crippen molar-refractivity contribution in [3.63, 3.8) is 0 Å². The fraction of sp³-hybridized carbons (Fsp3) is 0.903. The average molecular weight is 530 g/mol. The Morgan fingerprint density at radius 1 is 1.16 bits per heavy atom. The number of carbonyl (C=O) groups excluding carboxylic acids is 1. The van der Waals surface area contributed by atoms with Crippen molar-refractivity contribution in [3.8, 4) is 11.8 Å². The average Bonchev–Trinajstić information content (AvgIpc) is 3.27. The van der Waals surface area contributed by atoms with Crippen LogP contribution in [0, 0.1) is 52.8 Å². The topological polar surface area (TPSA) is 94.1 Å². The molecule has 6 aliphatic rings. The van der Waals surface area contributed by atoms with Gasteiger partial charge in [0.05, 0.1) is 18.8 Å². The van der Waals surface area contributed by atoms with Crippen molar-refractivity contribution in [3.05, 3.63) is 0 Å². The summed E-state index contributed by atoms with van der Waals surface area (Å²) >= 11 is 0. The van der Waals surface area contributed by atoms with Crippen molar-refractivity contribution in [1.82, 2.24) is 15.7 Å². The lowest BCUT2D eigenvalue weighted by Crippen LogP contribution is -2.62. The van der Waals surface area contributed by atoms with Crippen LogP contribution in [0.25, 0.3) is 0 Å². The number of hydrogen-bond acceptors (Lipinski definition) is 6. The zero-order valence-electron chi connectivity index (χ0n) is 24.0. The van der Waals surface area contributed by atoms with E-state index in [9.17, 15) is 15.0 Å². The summed E-state index contributed by atoms with van der Waals surface area (Å²) < 4.78 is 0. The minimum atomic E-state index is -0.753. The monoisotopic (exact) mass is 529 g/mol. The van der Waals surface area contributed by atoms with E-state index in [1.807, 2.05) is 5.06 Å². The highest BCUT2D eigenvalue weighted by molar-refractivity contribution is 5.82. The predicted octanol–water partition coefficient (Wildman–Crippen LogP) is 3.10. The summed E-state index contributed by atoms with van der Waals surface area (Å²) in [6, 6.07) is -0.106. The number of fused-ring (bicyclic) bond motifs is 2. The van der Waals surface area contributed by atoms with Crippen molar-refractivity contribution in [2.75, 3.05) is 19.7 Å². The van der Waals surface area contributed by atoms with E-state index in [4.69, 9.17) is 4.84 Å². The first-order valence-corrected chi connectivity index (χ1v) is 15.5. The van der Waals surface area contributed by atoms with Gasteiger partial charge in [-0.3, -0.25) is 9.63 Å². The van der Waals surface area contributed by atoms with Gasteiger partial charge in [0, 0.05) is 24.4 Å². The molecule has 0 aromatic rings. The van der Waals surface area contributed by atoms with Crippen LogP contribution in [0.15, 0.2) is 0 Å². The molecule has 7 nitrogen and oxygen atoms in total. The normalized spacial score (nSPS) is 43.4. The highest BCUT2D eigenvalue weighted by atomic mass is 16.7. The first kappa shape index (κ1) is 28.4. The third kappa shape index (κ3) is 5.67. The number of hydroxylamine groups is 2. The second-order valence-corrected chi connectivity index (χ2v) is 13.8. The van der Waals surface area contributed by atoms with Gasteiger partial charge in [-0.15, -0.1) is 0 Å². The van der Waals surface area contributed by atoms with E-state index in [0.717, 1.165) is 45.1 Å². The molecule has 4 saturated carbocycles. The maximum absolute atomic E-state index is 13.9. The van der Waals surface area contributed by atoms with E-state index >= 15 is 0 Å². The summed E-state index contributed by atoms with van der Waals surface area (Å²) in [5.74, 6) is 9.05. The van der Waals surface area contributed by atoms with Crippen LogP contribution in [0.1, 0.15) is 85.5 Å². The third-order valence-corrected chi connectivity index (χ3v) is 11.1. The Hall–Kier alpha value is -1.17. The summed E-state index contributed by atoms with van der Waals surface area (Å²) in [5, 5.41) is 29.5. The zero-order valence-corrected chi connectivity index (χ0v) is 24.0. The molecule has 0 aromatic carbocycles. The van der Waals surface area contributed by atoms with E-state index in [0.29, 0.717) is 47.6 Å². The van der Waals surface area contributed by atoms with E-state index in [1.54, 1.807) is 6.92 Å². The molecule has 4 N–H and O–H groups in total. The smallest absolute Gasteiger partial charge is 0.240 e. The van der Waals surface area contributed by atoms with Crippen molar-refractivity contribution < 1.29 is 19.8 Å². The summed E-state index contributed by atoms with van der Waals surface area (Å²) in [7, 11) is 0. The Kier molecular flexibility index (Phi) is 8.77. The van der Waals surface area contributed by atoms with Gasteiger partial charge in [-0.2, -0.15) is 5.06 Å². The largest absolute Gasteiger partial charge is 0.394 e. The molecule has 0 radical (unpaired) electrons. The molecule has 0 spiro atoms. The summed E-state index contributed by atoms with van der Waals surface area (Å²) in [4.78, 5) is 20.1. The molecule has 0 aromatic heterocycles. The number of rotatable bonds is 6. The van der Waals surface area contributed by atoms with Crippen molar-refractivity contribution in [2.45, 2.75) is 116 Å². The molecular weight excluding hydrogens is 478 g/mol. The standard InChI is InChI=1S/C31H51N3O4/c1-19-25-15-23(31(25,3)4)16-26(19)33-30(37)29-28(20(2)36)27(18-35)38-34(29)17-22-9-7-8-21(14-22)11-12-24-10-5-6-13-32-24/h19-29,32,35-36H,5-10,13-18H2,1-4H3,(H,33,37)/t19-,20?,21?,22?,23+,24?,25?,26-,27-,28?,29-/m0/s1. The number of piperidine rings is 1. The molecule has 2 aliphatic heterocycles. The second-order valence-electron chi connectivity index (χ2n) is 13.8. The Morgan fingerprint density at radius 2 is 1.97 bits per heavy atom. The molecule has 2 saturated heterocycles. The van der Waals surface area contributed by atoms with Gasteiger partial charge in [-0.25, -0.2) is 0 Å². The Morgan fingerprint density at radius 3 is 2.63 bits per heavy atom. The van der Waals surface area contributed by atoms with Crippen molar-refractivity contribution in [1.29, 1.82) is 0 Å². The first-order valence-electron chi connectivity index (χ1n) is 15.5.